The third-order valence-corrected chi connectivity index (χ3v) is 6.97. The van der Waals surface area contributed by atoms with Gasteiger partial charge in [-0.2, -0.15) is 0 Å². The van der Waals surface area contributed by atoms with Crippen molar-refractivity contribution in [1.82, 2.24) is 0 Å². The fourth-order valence-corrected chi connectivity index (χ4v) is 5.07. The molecule has 4 aromatic carbocycles. The molecular formula is C26H22ClN3O4S2. The van der Waals surface area contributed by atoms with Gasteiger partial charge in [0.05, 0.1) is 17.8 Å². The summed E-state index contributed by atoms with van der Waals surface area (Å²) in [4.78, 5) is -0.106. The smallest absolute Gasteiger partial charge is 0.263 e. The summed E-state index contributed by atoms with van der Waals surface area (Å²) in [7, 11) is -2.54. The molecule has 4 aromatic rings. The van der Waals surface area contributed by atoms with Crippen molar-refractivity contribution in [2.75, 3.05) is 22.5 Å². The van der Waals surface area contributed by atoms with Crippen LogP contribution in [0.2, 0.25) is 5.02 Å². The Bertz CT molecular complexity index is 1460. The predicted octanol–water partition coefficient (Wildman–Crippen LogP) is 6.75. The number of anilines is 3. The topological polar surface area (TPSA) is 88.7 Å². The number of thiocarbonyl (C=S) groups is 1. The lowest BCUT2D eigenvalue weighted by molar-refractivity contribution is 0.417. The van der Waals surface area contributed by atoms with Gasteiger partial charge >= 0.3 is 0 Å². The van der Waals surface area contributed by atoms with Crippen molar-refractivity contribution >= 4 is 56.0 Å². The van der Waals surface area contributed by atoms with Gasteiger partial charge in [0.2, 0.25) is 0 Å². The summed E-state index contributed by atoms with van der Waals surface area (Å²) in [6.07, 6.45) is 0. The molecule has 0 heterocycles. The van der Waals surface area contributed by atoms with Crippen molar-refractivity contribution in [2.24, 2.45) is 0 Å². The van der Waals surface area contributed by atoms with E-state index in [0.717, 1.165) is 11.4 Å². The first-order chi connectivity index (χ1) is 17.3. The zero-order valence-electron chi connectivity index (χ0n) is 19.1. The number of rotatable bonds is 8. The van der Waals surface area contributed by atoms with Gasteiger partial charge in [-0.25, -0.2) is 8.42 Å². The summed E-state index contributed by atoms with van der Waals surface area (Å²) >= 11 is 11.6. The molecule has 0 aliphatic heterocycles. The first-order valence-electron chi connectivity index (χ1n) is 10.7. The molecule has 0 fully saturated rings. The summed E-state index contributed by atoms with van der Waals surface area (Å²) in [6, 6.07) is 28.0. The molecule has 184 valence electrons. The normalized spacial score (nSPS) is 10.8. The number of hydrogen-bond acceptors (Lipinski definition) is 5. The fraction of sp³-hybridized carbons (Fsp3) is 0.0385. The molecule has 0 radical (unpaired) electrons. The van der Waals surface area contributed by atoms with E-state index in [2.05, 4.69) is 15.4 Å². The van der Waals surface area contributed by atoms with E-state index in [1.165, 1.54) is 19.2 Å². The molecular weight excluding hydrogens is 518 g/mol. The number of para-hydroxylation sites is 3. The third-order valence-electron chi connectivity index (χ3n) is 4.92. The van der Waals surface area contributed by atoms with Crippen LogP contribution in [0, 0.1) is 0 Å². The number of sulfonamides is 1. The van der Waals surface area contributed by atoms with Crippen LogP contribution in [0.15, 0.2) is 102 Å². The lowest BCUT2D eigenvalue weighted by Gasteiger charge is -2.15. The van der Waals surface area contributed by atoms with Gasteiger partial charge in [-0.15, -0.1) is 0 Å². The maximum atomic E-state index is 13.0. The van der Waals surface area contributed by atoms with E-state index in [1.807, 2.05) is 54.6 Å². The average molecular weight is 540 g/mol. The monoisotopic (exact) mass is 539 g/mol. The maximum absolute atomic E-state index is 13.0. The lowest BCUT2D eigenvalue weighted by Crippen LogP contribution is -2.20. The number of benzene rings is 4. The van der Waals surface area contributed by atoms with Crippen LogP contribution in [0.5, 0.6) is 17.2 Å². The van der Waals surface area contributed by atoms with Crippen LogP contribution in [0.3, 0.4) is 0 Å². The van der Waals surface area contributed by atoms with Gasteiger partial charge in [-0.1, -0.05) is 41.9 Å². The Morgan fingerprint density at radius 1 is 0.806 bits per heavy atom. The molecule has 0 aliphatic carbocycles. The van der Waals surface area contributed by atoms with Gasteiger partial charge in [-0.05, 0) is 78.9 Å². The molecule has 0 bridgehead atoms. The molecule has 0 saturated carbocycles. The van der Waals surface area contributed by atoms with Crippen LogP contribution < -0.4 is 24.8 Å². The van der Waals surface area contributed by atoms with Gasteiger partial charge < -0.3 is 20.1 Å². The Hall–Kier alpha value is -3.79. The first kappa shape index (κ1) is 25.3. The number of methoxy groups -OCH3 is 1. The largest absolute Gasteiger partial charge is 0.495 e. The minimum Gasteiger partial charge on any atom is -0.495 e. The van der Waals surface area contributed by atoms with Gasteiger partial charge in [0, 0.05) is 11.4 Å². The van der Waals surface area contributed by atoms with Crippen molar-refractivity contribution in [3.63, 3.8) is 0 Å². The van der Waals surface area contributed by atoms with Crippen LogP contribution in [0.1, 0.15) is 0 Å². The Balaban J connectivity index is 1.43. The van der Waals surface area contributed by atoms with Crippen molar-refractivity contribution in [3.8, 4) is 17.2 Å². The van der Waals surface area contributed by atoms with Gasteiger partial charge in [0.15, 0.2) is 5.11 Å². The highest BCUT2D eigenvalue weighted by Crippen LogP contribution is 2.30. The van der Waals surface area contributed by atoms with E-state index < -0.39 is 10.0 Å². The Labute approximate surface area is 220 Å². The number of ether oxygens (including phenoxy) is 2. The van der Waals surface area contributed by atoms with E-state index in [-0.39, 0.29) is 15.0 Å². The van der Waals surface area contributed by atoms with Crippen LogP contribution >= 0.6 is 23.8 Å². The Morgan fingerprint density at radius 3 is 2.14 bits per heavy atom. The predicted molar refractivity (Wildman–Crippen MR) is 148 cm³/mol. The molecule has 7 nitrogen and oxygen atoms in total. The Kier molecular flexibility index (Phi) is 7.94. The summed E-state index contributed by atoms with van der Waals surface area (Å²) < 4.78 is 39.6. The first-order valence-corrected chi connectivity index (χ1v) is 13.0. The average Bonchev–Trinajstić information content (AvgIpc) is 2.87. The maximum Gasteiger partial charge on any atom is 0.263 e. The van der Waals surface area contributed by atoms with Crippen LogP contribution in [-0.4, -0.2) is 20.6 Å². The minimum atomic E-state index is -4.00. The SMILES string of the molecule is COc1ccccc1NS(=O)(=O)c1cc(NC(=S)Nc2ccc(Oc3ccccc3)cc2)ccc1Cl. The van der Waals surface area contributed by atoms with Crippen LogP contribution in [0.4, 0.5) is 17.1 Å². The lowest BCUT2D eigenvalue weighted by atomic mass is 10.3. The molecule has 4 rings (SSSR count). The molecule has 0 unspecified atom stereocenters. The van der Waals surface area contributed by atoms with Crippen LogP contribution in [0.25, 0.3) is 0 Å². The van der Waals surface area contributed by atoms with E-state index in [1.54, 1.807) is 30.3 Å². The van der Waals surface area contributed by atoms with Gasteiger partial charge in [0.25, 0.3) is 10.0 Å². The molecule has 0 aromatic heterocycles. The number of halogens is 1. The highest BCUT2D eigenvalue weighted by molar-refractivity contribution is 7.92. The van der Waals surface area contributed by atoms with Crippen molar-refractivity contribution in [2.45, 2.75) is 4.90 Å². The number of nitrogens with one attached hydrogen (secondary N) is 3. The summed E-state index contributed by atoms with van der Waals surface area (Å²) in [5.41, 5.74) is 1.47. The van der Waals surface area contributed by atoms with Crippen molar-refractivity contribution < 1.29 is 17.9 Å². The van der Waals surface area contributed by atoms with Gasteiger partial charge in [0.1, 0.15) is 22.1 Å². The highest BCUT2D eigenvalue weighted by atomic mass is 35.5. The molecule has 0 aliphatic rings. The molecule has 10 heteroatoms. The second kappa shape index (κ2) is 11.3. The minimum absolute atomic E-state index is 0.0656. The molecule has 0 amide bonds. The number of hydrogen-bond donors (Lipinski definition) is 3. The second-order valence-corrected chi connectivity index (χ2v) is 9.94. The summed E-state index contributed by atoms with van der Waals surface area (Å²) in [5.74, 6) is 1.81. The van der Waals surface area contributed by atoms with E-state index in [4.69, 9.17) is 33.3 Å². The zero-order chi connectivity index (χ0) is 25.5. The standard InChI is InChI=1S/C26H22ClN3O4S2/c1-33-24-10-6-5-9-23(24)30-36(31,32)25-17-19(13-16-22(25)27)29-26(35)28-18-11-14-21(15-12-18)34-20-7-3-2-4-8-20/h2-17,30H,1H3,(H2,28,29,35). The molecule has 36 heavy (non-hydrogen) atoms. The third kappa shape index (κ3) is 6.45. The second-order valence-electron chi connectivity index (χ2n) is 7.47. The summed E-state index contributed by atoms with van der Waals surface area (Å²) in [5, 5.41) is 6.38. The fourth-order valence-electron chi connectivity index (χ4n) is 3.24. The van der Waals surface area contributed by atoms with Crippen molar-refractivity contribution in [1.29, 1.82) is 0 Å². The molecule has 0 spiro atoms. The quantitative estimate of drug-likeness (QED) is 0.213. The Morgan fingerprint density at radius 2 is 1.42 bits per heavy atom. The molecule has 0 atom stereocenters. The van der Waals surface area contributed by atoms with Gasteiger partial charge in [-0.3, -0.25) is 4.72 Å². The summed E-state index contributed by atoms with van der Waals surface area (Å²) in [6.45, 7) is 0. The van der Waals surface area contributed by atoms with E-state index in [9.17, 15) is 8.42 Å². The van der Waals surface area contributed by atoms with Crippen LogP contribution in [-0.2, 0) is 10.0 Å². The van der Waals surface area contributed by atoms with E-state index >= 15 is 0 Å². The van der Waals surface area contributed by atoms with E-state index in [0.29, 0.717) is 22.9 Å². The molecule has 0 saturated heterocycles. The zero-order valence-corrected chi connectivity index (χ0v) is 21.5. The highest BCUT2D eigenvalue weighted by Gasteiger charge is 2.20. The van der Waals surface area contributed by atoms with Crippen molar-refractivity contribution in [3.05, 3.63) is 102 Å². The molecule has 3 N–H and O–H groups in total.